The van der Waals surface area contributed by atoms with Crippen LogP contribution in [0.15, 0.2) is 97.2 Å². The lowest BCUT2D eigenvalue weighted by atomic mass is 9.93. The van der Waals surface area contributed by atoms with Crippen LogP contribution in [0.4, 0.5) is 11.6 Å². The Morgan fingerprint density at radius 3 is 2.06 bits per heavy atom. The largest absolute Gasteiger partial charge is 0.322 e. The van der Waals surface area contributed by atoms with Crippen LogP contribution in [0.3, 0.4) is 0 Å². The maximum absolute atomic E-state index is 13.1. The van der Waals surface area contributed by atoms with Crippen molar-refractivity contribution in [2.45, 2.75) is 6.92 Å². The first-order valence-corrected chi connectivity index (χ1v) is 11.0. The summed E-state index contributed by atoms with van der Waals surface area (Å²) in [5.74, 6) is 0.481. The van der Waals surface area contributed by atoms with Gasteiger partial charge >= 0.3 is 0 Å². The summed E-state index contributed by atoms with van der Waals surface area (Å²) in [5.41, 5.74) is 4.42. The molecule has 1 N–H and O–H groups in total. The zero-order valence-electron chi connectivity index (χ0n) is 18.9. The van der Waals surface area contributed by atoms with Crippen LogP contribution in [0.25, 0.3) is 28.1 Å². The molecule has 0 aliphatic heterocycles. The molecule has 0 aliphatic carbocycles. The molecule has 0 atom stereocenters. The average Bonchev–Trinajstić information content (AvgIpc) is 3.32. The van der Waals surface area contributed by atoms with E-state index in [4.69, 9.17) is 0 Å². The number of hydrogen-bond donors (Lipinski definition) is 1. The van der Waals surface area contributed by atoms with Gasteiger partial charge in [-0.15, -0.1) is 10.2 Å². The molecular weight excluding hydrogens is 436 g/mol. The van der Waals surface area contributed by atoms with Gasteiger partial charge in [0.15, 0.2) is 17.4 Å². The number of rotatable bonds is 6. The molecule has 0 saturated heterocycles. The number of hydrogen-bond acceptors (Lipinski definition) is 6. The summed E-state index contributed by atoms with van der Waals surface area (Å²) >= 11 is 0. The Morgan fingerprint density at radius 1 is 0.857 bits per heavy atom. The fraction of sp³-hybridized carbons (Fsp3) is 0.0357. The van der Waals surface area contributed by atoms with E-state index in [9.17, 15) is 10.1 Å². The minimum Gasteiger partial charge on any atom is -0.322 e. The lowest BCUT2D eigenvalue weighted by Crippen LogP contribution is -2.11. The molecule has 2 heterocycles. The summed E-state index contributed by atoms with van der Waals surface area (Å²) in [6, 6.07) is 30.9. The second kappa shape index (κ2) is 9.41. The Hall–Kier alpha value is -5.09. The molecule has 0 bridgehead atoms. The molecule has 168 valence electrons. The van der Waals surface area contributed by atoms with E-state index < -0.39 is 0 Å². The molecular formula is C28H20N6O. The highest BCUT2D eigenvalue weighted by atomic mass is 16.1. The van der Waals surface area contributed by atoms with Crippen LogP contribution >= 0.6 is 0 Å². The van der Waals surface area contributed by atoms with Gasteiger partial charge in [0.05, 0.1) is 17.4 Å². The predicted molar refractivity (Wildman–Crippen MR) is 134 cm³/mol. The molecule has 2 aromatic heterocycles. The van der Waals surface area contributed by atoms with Crippen LogP contribution in [-0.4, -0.2) is 25.8 Å². The fourth-order valence-corrected chi connectivity index (χ4v) is 3.98. The van der Waals surface area contributed by atoms with Crippen molar-refractivity contribution in [2.24, 2.45) is 0 Å². The van der Waals surface area contributed by atoms with Crippen molar-refractivity contribution in [3.63, 3.8) is 0 Å². The van der Waals surface area contributed by atoms with Gasteiger partial charge in [-0.2, -0.15) is 10.4 Å². The summed E-state index contributed by atoms with van der Waals surface area (Å²) in [6.07, 6.45) is 1.48. The van der Waals surface area contributed by atoms with Crippen LogP contribution in [0, 0.1) is 11.3 Å². The second-order valence-corrected chi connectivity index (χ2v) is 7.83. The number of benzene rings is 3. The normalized spacial score (nSPS) is 10.5. The first-order chi connectivity index (χ1) is 17.2. The SMILES string of the molecule is CC(=O)c1c(Nc2c(C#N)cnn2-c2ccccc2)nnc(-c2ccccc2)c1-c1ccccc1. The van der Waals surface area contributed by atoms with Gasteiger partial charge in [0.1, 0.15) is 17.3 Å². The molecule has 7 heteroatoms. The van der Waals surface area contributed by atoms with Crippen LogP contribution in [0.2, 0.25) is 0 Å². The third-order valence-electron chi connectivity index (χ3n) is 5.56. The Labute approximate surface area is 202 Å². The molecule has 0 saturated carbocycles. The smallest absolute Gasteiger partial charge is 0.165 e. The Morgan fingerprint density at radius 2 is 1.46 bits per heavy atom. The lowest BCUT2D eigenvalue weighted by molar-refractivity contribution is 0.101. The predicted octanol–water partition coefficient (Wildman–Crippen LogP) is 5.81. The molecule has 0 radical (unpaired) electrons. The summed E-state index contributed by atoms with van der Waals surface area (Å²) in [7, 11) is 0. The van der Waals surface area contributed by atoms with E-state index in [2.05, 4.69) is 26.7 Å². The highest BCUT2D eigenvalue weighted by Crippen LogP contribution is 2.37. The van der Waals surface area contributed by atoms with Crippen molar-refractivity contribution >= 4 is 17.4 Å². The molecule has 0 amide bonds. The summed E-state index contributed by atoms with van der Waals surface area (Å²) in [5, 5.41) is 26.2. The Kier molecular flexibility index (Phi) is 5.85. The molecule has 0 unspecified atom stereocenters. The average molecular weight is 457 g/mol. The topological polar surface area (TPSA) is 96.5 Å². The summed E-state index contributed by atoms with van der Waals surface area (Å²) in [4.78, 5) is 13.1. The first-order valence-electron chi connectivity index (χ1n) is 11.0. The minimum atomic E-state index is -0.178. The number of ketones is 1. The van der Waals surface area contributed by atoms with Gasteiger partial charge in [0, 0.05) is 11.1 Å². The summed E-state index contributed by atoms with van der Waals surface area (Å²) < 4.78 is 1.61. The zero-order chi connectivity index (χ0) is 24.2. The highest BCUT2D eigenvalue weighted by Gasteiger charge is 2.24. The molecule has 5 aromatic rings. The quantitative estimate of drug-likeness (QED) is 0.324. The van der Waals surface area contributed by atoms with Crippen molar-refractivity contribution in [1.29, 1.82) is 5.26 Å². The highest BCUT2D eigenvalue weighted by molar-refractivity contribution is 6.08. The maximum atomic E-state index is 13.1. The number of carbonyl (C=O) groups excluding carboxylic acids is 1. The molecule has 0 spiro atoms. The molecule has 0 fully saturated rings. The van der Waals surface area contributed by atoms with Crippen LogP contribution in [0.1, 0.15) is 22.8 Å². The minimum absolute atomic E-state index is 0.178. The maximum Gasteiger partial charge on any atom is 0.165 e. The van der Waals surface area contributed by atoms with Gasteiger partial charge in [-0.1, -0.05) is 78.9 Å². The number of Topliss-reactive ketones (excluding diaryl/α,β-unsaturated/α-hetero) is 1. The van der Waals surface area contributed by atoms with E-state index in [1.54, 1.807) is 4.68 Å². The first kappa shape index (κ1) is 21.7. The van der Waals surface area contributed by atoms with Crippen molar-refractivity contribution < 1.29 is 4.79 Å². The van der Waals surface area contributed by atoms with Crippen LogP contribution in [0.5, 0.6) is 0 Å². The third kappa shape index (κ3) is 4.16. The third-order valence-corrected chi connectivity index (χ3v) is 5.56. The van der Waals surface area contributed by atoms with Gasteiger partial charge in [-0.25, -0.2) is 4.68 Å². The number of aromatic nitrogens is 4. The van der Waals surface area contributed by atoms with E-state index in [0.717, 1.165) is 16.8 Å². The second-order valence-electron chi connectivity index (χ2n) is 7.83. The standard InChI is InChI=1S/C28H20N6O/c1-19(35)24-25(20-11-5-2-6-12-20)26(21-13-7-3-8-14-21)32-33-27(24)31-28-22(17-29)18-30-34(28)23-15-9-4-10-16-23/h2-16,18H,1H3,(H,31,33). The number of nitrogens with one attached hydrogen (secondary N) is 1. The van der Waals surface area contributed by atoms with Crippen molar-refractivity contribution in [1.82, 2.24) is 20.0 Å². The van der Waals surface area contributed by atoms with E-state index in [1.807, 2.05) is 91.0 Å². The van der Waals surface area contributed by atoms with Gasteiger partial charge < -0.3 is 5.32 Å². The molecule has 0 aliphatic rings. The van der Waals surface area contributed by atoms with Gasteiger partial charge in [-0.05, 0) is 24.6 Å². The number of para-hydroxylation sites is 1. The van der Waals surface area contributed by atoms with Crippen molar-refractivity contribution in [3.8, 4) is 34.1 Å². The molecule has 3 aromatic carbocycles. The van der Waals surface area contributed by atoms with Crippen molar-refractivity contribution in [3.05, 3.63) is 108 Å². The summed E-state index contributed by atoms with van der Waals surface area (Å²) in [6.45, 7) is 1.50. The van der Waals surface area contributed by atoms with Crippen LogP contribution < -0.4 is 5.32 Å². The number of nitriles is 1. The zero-order valence-corrected chi connectivity index (χ0v) is 18.9. The molecule has 35 heavy (non-hydrogen) atoms. The number of nitrogens with zero attached hydrogens (tertiary/aromatic N) is 5. The number of carbonyl (C=O) groups is 1. The van der Waals surface area contributed by atoms with Gasteiger partial charge in [0.25, 0.3) is 0 Å². The number of anilines is 2. The van der Waals surface area contributed by atoms with E-state index in [-0.39, 0.29) is 11.6 Å². The lowest BCUT2D eigenvalue weighted by Gasteiger charge is -2.17. The van der Waals surface area contributed by atoms with Gasteiger partial charge in [0.2, 0.25) is 0 Å². The Bertz CT molecular complexity index is 1540. The van der Waals surface area contributed by atoms with Crippen molar-refractivity contribution in [2.75, 3.05) is 5.32 Å². The van der Waals surface area contributed by atoms with Gasteiger partial charge in [-0.3, -0.25) is 4.79 Å². The van der Waals surface area contributed by atoms with E-state index in [0.29, 0.717) is 28.2 Å². The molecule has 7 nitrogen and oxygen atoms in total. The van der Waals surface area contributed by atoms with Crippen LogP contribution in [-0.2, 0) is 0 Å². The van der Waals surface area contributed by atoms with E-state index in [1.165, 1.54) is 13.1 Å². The Balaban J connectivity index is 1.74. The monoisotopic (exact) mass is 456 g/mol. The fourth-order valence-electron chi connectivity index (χ4n) is 3.98. The van der Waals surface area contributed by atoms with E-state index >= 15 is 0 Å². The molecule has 5 rings (SSSR count).